The van der Waals surface area contributed by atoms with Crippen molar-refractivity contribution in [3.63, 3.8) is 0 Å². The van der Waals surface area contributed by atoms with Gasteiger partial charge < -0.3 is 15.2 Å². The molecular formula is C17H23F3N2O3. The summed E-state index contributed by atoms with van der Waals surface area (Å²) in [7, 11) is 0. The van der Waals surface area contributed by atoms with E-state index in [-0.39, 0.29) is 24.4 Å². The van der Waals surface area contributed by atoms with Crippen LogP contribution in [0.5, 0.6) is 5.75 Å². The normalized spacial score (nSPS) is 20.4. The van der Waals surface area contributed by atoms with E-state index in [0.29, 0.717) is 13.1 Å². The summed E-state index contributed by atoms with van der Waals surface area (Å²) in [5.41, 5.74) is 0.848. The predicted octanol–water partition coefficient (Wildman–Crippen LogP) is 2.65. The number of halogens is 3. The van der Waals surface area contributed by atoms with Crippen LogP contribution in [0.15, 0.2) is 24.3 Å². The Labute approximate surface area is 144 Å². The minimum Gasteiger partial charge on any atom is -0.484 e. The van der Waals surface area contributed by atoms with Crippen molar-refractivity contribution in [1.29, 1.82) is 0 Å². The molecule has 0 aliphatic heterocycles. The Morgan fingerprint density at radius 1 is 1.40 bits per heavy atom. The van der Waals surface area contributed by atoms with Crippen LogP contribution in [0.4, 0.5) is 13.2 Å². The van der Waals surface area contributed by atoms with E-state index in [9.17, 15) is 18.0 Å². The third-order valence-corrected chi connectivity index (χ3v) is 4.27. The lowest BCUT2D eigenvalue weighted by molar-refractivity contribution is -0.153. The van der Waals surface area contributed by atoms with E-state index in [4.69, 9.17) is 9.84 Å². The van der Waals surface area contributed by atoms with Gasteiger partial charge in [-0.1, -0.05) is 19.1 Å². The third kappa shape index (κ3) is 6.55. The Bertz CT molecular complexity index is 575. The van der Waals surface area contributed by atoms with Crippen LogP contribution in [-0.2, 0) is 11.3 Å². The van der Waals surface area contributed by atoms with Gasteiger partial charge in [-0.05, 0) is 37.1 Å². The molecule has 0 aromatic heterocycles. The number of hydrogen-bond donors (Lipinski definition) is 2. The number of likely N-dealkylation sites (N-methyl/N-ethyl adjacent to an activating group) is 1. The minimum atomic E-state index is -4.35. The molecule has 0 unspecified atom stereocenters. The number of carboxylic acid groups (broad SMARTS) is 1. The lowest BCUT2D eigenvalue weighted by Gasteiger charge is -2.42. The molecule has 1 saturated carbocycles. The maximum absolute atomic E-state index is 12.2. The molecule has 2 rings (SSSR count). The van der Waals surface area contributed by atoms with E-state index >= 15 is 0 Å². The Morgan fingerprint density at radius 3 is 2.72 bits per heavy atom. The fourth-order valence-electron chi connectivity index (χ4n) is 2.90. The highest BCUT2D eigenvalue weighted by Gasteiger charge is 2.33. The molecule has 25 heavy (non-hydrogen) atoms. The molecule has 0 heterocycles. The van der Waals surface area contributed by atoms with Gasteiger partial charge in [0.2, 0.25) is 0 Å². The summed E-state index contributed by atoms with van der Waals surface area (Å²) in [6, 6.07) is 7.13. The first kappa shape index (κ1) is 19.5. The number of aliphatic carboxylic acids is 1. The number of benzene rings is 1. The number of alkyl halides is 3. The van der Waals surface area contributed by atoms with Crippen molar-refractivity contribution in [1.82, 2.24) is 10.2 Å². The molecule has 1 aromatic carbocycles. The summed E-state index contributed by atoms with van der Waals surface area (Å²) < 4.78 is 41.3. The van der Waals surface area contributed by atoms with E-state index in [1.54, 1.807) is 12.1 Å². The van der Waals surface area contributed by atoms with Crippen molar-refractivity contribution in [2.45, 2.75) is 44.6 Å². The van der Waals surface area contributed by atoms with Crippen molar-refractivity contribution < 1.29 is 27.8 Å². The van der Waals surface area contributed by atoms with Crippen molar-refractivity contribution in [3.05, 3.63) is 29.8 Å². The predicted molar refractivity (Wildman–Crippen MR) is 86.5 cm³/mol. The van der Waals surface area contributed by atoms with Crippen LogP contribution in [-0.4, -0.2) is 53.9 Å². The Kier molecular flexibility index (Phi) is 6.66. The highest BCUT2D eigenvalue weighted by atomic mass is 19.4. The zero-order chi connectivity index (χ0) is 18.4. The first-order chi connectivity index (χ1) is 11.8. The molecule has 0 amide bonds. The molecule has 1 aliphatic rings. The van der Waals surface area contributed by atoms with Crippen LogP contribution in [0.1, 0.15) is 25.3 Å². The fourth-order valence-corrected chi connectivity index (χ4v) is 2.90. The summed E-state index contributed by atoms with van der Waals surface area (Å²) in [6.07, 6.45) is -2.62. The van der Waals surface area contributed by atoms with E-state index in [0.717, 1.165) is 18.4 Å². The molecule has 8 heteroatoms. The maximum Gasteiger partial charge on any atom is 0.422 e. The van der Waals surface area contributed by atoms with E-state index < -0.39 is 18.8 Å². The number of ether oxygens (including phenoxy) is 1. The molecule has 0 radical (unpaired) electrons. The summed E-state index contributed by atoms with van der Waals surface area (Å²) in [4.78, 5) is 12.7. The zero-order valence-corrected chi connectivity index (χ0v) is 14.1. The van der Waals surface area contributed by atoms with Crippen molar-refractivity contribution >= 4 is 5.97 Å². The largest absolute Gasteiger partial charge is 0.484 e. The van der Waals surface area contributed by atoms with E-state index in [1.807, 2.05) is 17.9 Å². The quantitative estimate of drug-likeness (QED) is 0.709. The second-order valence-electron chi connectivity index (χ2n) is 6.21. The summed E-state index contributed by atoms with van der Waals surface area (Å²) in [5, 5.41) is 12.2. The van der Waals surface area contributed by atoms with Gasteiger partial charge in [-0.2, -0.15) is 13.2 Å². The lowest BCUT2D eigenvalue weighted by atomic mass is 9.85. The second-order valence-corrected chi connectivity index (χ2v) is 6.21. The highest BCUT2D eigenvalue weighted by molar-refractivity contribution is 5.69. The molecule has 1 fully saturated rings. The van der Waals surface area contributed by atoms with Gasteiger partial charge in [0, 0.05) is 18.6 Å². The first-order valence-electron chi connectivity index (χ1n) is 8.24. The van der Waals surface area contributed by atoms with Crippen LogP contribution in [0.3, 0.4) is 0 Å². The van der Waals surface area contributed by atoms with Crippen molar-refractivity contribution in [2.75, 3.05) is 19.7 Å². The number of carbonyl (C=O) groups is 1. The molecule has 1 aromatic rings. The molecular weight excluding hydrogens is 337 g/mol. The van der Waals surface area contributed by atoms with Crippen LogP contribution >= 0.6 is 0 Å². The van der Waals surface area contributed by atoms with E-state index in [1.165, 1.54) is 6.07 Å². The standard InChI is InChI=1S/C17H23F3N2O3/c1-2-22(10-16(23)24)14-7-13(8-14)21-9-12-4-3-5-15(6-12)25-11-17(18,19)20/h3-6,13-14,21H,2,7-11H2,1H3,(H,23,24). The fraction of sp³-hybridized carbons (Fsp3) is 0.588. The molecule has 0 bridgehead atoms. The SMILES string of the molecule is CCN(CC(=O)O)C1CC(NCc2cccc(OCC(F)(F)F)c2)C1. The first-order valence-corrected chi connectivity index (χ1v) is 8.24. The Morgan fingerprint density at radius 2 is 2.12 bits per heavy atom. The zero-order valence-electron chi connectivity index (χ0n) is 14.1. The van der Waals surface area contributed by atoms with Gasteiger partial charge in [-0.3, -0.25) is 9.69 Å². The summed E-state index contributed by atoms with van der Waals surface area (Å²) >= 11 is 0. The lowest BCUT2D eigenvalue weighted by Crippen LogP contribution is -2.53. The van der Waals surface area contributed by atoms with Crippen LogP contribution in [0.25, 0.3) is 0 Å². The number of nitrogens with zero attached hydrogens (tertiary/aromatic N) is 1. The average Bonchev–Trinajstić information content (AvgIpc) is 2.49. The van der Waals surface area contributed by atoms with Gasteiger partial charge in [0.05, 0.1) is 6.54 Å². The maximum atomic E-state index is 12.2. The molecule has 1 aliphatic carbocycles. The monoisotopic (exact) mass is 360 g/mol. The Balaban J connectivity index is 1.75. The molecule has 0 atom stereocenters. The van der Waals surface area contributed by atoms with Crippen molar-refractivity contribution in [2.24, 2.45) is 0 Å². The number of carboxylic acids is 1. The highest BCUT2D eigenvalue weighted by Crippen LogP contribution is 2.26. The molecule has 0 saturated heterocycles. The van der Waals surface area contributed by atoms with Gasteiger partial charge in [0.15, 0.2) is 6.61 Å². The van der Waals surface area contributed by atoms with Crippen LogP contribution < -0.4 is 10.1 Å². The molecule has 140 valence electrons. The van der Waals surface area contributed by atoms with E-state index in [2.05, 4.69) is 5.32 Å². The molecule has 5 nitrogen and oxygen atoms in total. The smallest absolute Gasteiger partial charge is 0.422 e. The molecule has 2 N–H and O–H groups in total. The average molecular weight is 360 g/mol. The Hall–Kier alpha value is -1.80. The summed E-state index contributed by atoms with van der Waals surface area (Å²) in [6.45, 7) is 1.92. The van der Waals surface area contributed by atoms with Gasteiger partial charge in [0.25, 0.3) is 0 Å². The van der Waals surface area contributed by atoms with Gasteiger partial charge in [-0.15, -0.1) is 0 Å². The van der Waals surface area contributed by atoms with Gasteiger partial charge in [-0.25, -0.2) is 0 Å². The minimum absolute atomic E-state index is 0.0481. The summed E-state index contributed by atoms with van der Waals surface area (Å²) in [5.74, 6) is -0.629. The number of rotatable bonds is 9. The number of nitrogens with one attached hydrogen (secondary N) is 1. The van der Waals surface area contributed by atoms with Gasteiger partial charge in [0.1, 0.15) is 5.75 Å². The molecule has 0 spiro atoms. The second kappa shape index (κ2) is 8.53. The number of hydrogen-bond acceptors (Lipinski definition) is 4. The topological polar surface area (TPSA) is 61.8 Å². The van der Waals surface area contributed by atoms with Gasteiger partial charge >= 0.3 is 12.1 Å². The third-order valence-electron chi connectivity index (χ3n) is 4.27. The van der Waals surface area contributed by atoms with Crippen LogP contribution in [0.2, 0.25) is 0 Å². The van der Waals surface area contributed by atoms with Crippen LogP contribution in [0, 0.1) is 0 Å². The van der Waals surface area contributed by atoms with Crippen molar-refractivity contribution in [3.8, 4) is 5.75 Å².